The molecule has 1 aromatic heterocycles. The SMILES string of the molecule is CCN(Cc1ccccc1)C(=O)/C(=C/c1ccco1)NC(=O)c1ccccc1. The van der Waals surface area contributed by atoms with Crippen molar-refractivity contribution in [3.05, 3.63) is 102 Å². The zero-order valence-electron chi connectivity index (χ0n) is 15.7. The molecule has 0 unspecified atom stereocenters. The zero-order valence-corrected chi connectivity index (χ0v) is 15.7. The Morgan fingerprint density at radius 2 is 1.64 bits per heavy atom. The Morgan fingerprint density at radius 3 is 2.25 bits per heavy atom. The molecule has 0 fully saturated rings. The van der Waals surface area contributed by atoms with Crippen LogP contribution in [0.1, 0.15) is 28.6 Å². The minimum atomic E-state index is -0.345. The molecule has 5 heteroatoms. The maximum absolute atomic E-state index is 13.2. The van der Waals surface area contributed by atoms with Gasteiger partial charge < -0.3 is 14.6 Å². The fraction of sp³-hybridized carbons (Fsp3) is 0.130. The lowest BCUT2D eigenvalue weighted by Crippen LogP contribution is -2.38. The van der Waals surface area contributed by atoms with Gasteiger partial charge in [-0.1, -0.05) is 48.5 Å². The molecule has 1 N–H and O–H groups in total. The molecule has 28 heavy (non-hydrogen) atoms. The van der Waals surface area contributed by atoms with Crippen molar-refractivity contribution >= 4 is 17.9 Å². The number of furan rings is 1. The maximum atomic E-state index is 13.2. The molecule has 2 amide bonds. The van der Waals surface area contributed by atoms with Gasteiger partial charge in [0.05, 0.1) is 6.26 Å². The molecule has 0 spiro atoms. The van der Waals surface area contributed by atoms with Gasteiger partial charge >= 0.3 is 0 Å². The van der Waals surface area contributed by atoms with Crippen LogP contribution >= 0.6 is 0 Å². The number of benzene rings is 2. The van der Waals surface area contributed by atoms with Gasteiger partial charge in [0.2, 0.25) is 0 Å². The molecule has 3 rings (SSSR count). The highest BCUT2D eigenvalue weighted by atomic mass is 16.3. The Balaban J connectivity index is 1.85. The largest absolute Gasteiger partial charge is 0.465 e. The van der Waals surface area contributed by atoms with Crippen LogP contribution in [0, 0.1) is 0 Å². The average Bonchev–Trinajstić information content (AvgIpc) is 3.25. The lowest BCUT2D eigenvalue weighted by Gasteiger charge is -2.23. The predicted octanol–water partition coefficient (Wildman–Crippen LogP) is 4.10. The first-order valence-electron chi connectivity index (χ1n) is 9.12. The molecule has 0 bridgehead atoms. The zero-order chi connectivity index (χ0) is 19.8. The quantitative estimate of drug-likeness (QED) is 0.634. The van der Waals surface area contributed by atoms with Gasteiger partial charge in [-0.05, 0) is 36.8 Å². The Hall–Kier alpha value is -3.60. The summed E-state index contributed by atoms with van der Waals surface area (Å²) in [4.78, 5) is 27.5. The molecule has 2 aromatic carbocycles. The standard InChI is InChI=1S/C23H22N2O3/c1-2-25(17-18-10-5-3-6-11-18)23(27)21(16-20-14-9-15-28-20)24-22(26)19-12-7-4-8-13-19/h3-16H,2,17H2,1H3,(H,24,26)/b21-16-. The molecule has 3 aromatic rings. The number of carbonyl (C=O) groups is 2. The second kappa shape index (κ2) is 9.37. The summed E-state index contributed by atoms with van der Waals surface area (Å²) in [5.41, 5.74) is 1.66. The number of nitrogens with one attached hydrogen (secondary N) is 1. The van der Waals surface area contributed by atoms with E-state index in [0.29, 0.717) is 24.4 Å². The minimum absolute atomic E-state index is 0.168. The van der Waals surface area contributed by atoms with Crippen LogP contribution in [0.15, 0.2) is 89.2 Å². The summed E-state index contributed by atoms with van der Waals surface area (Å²) in [6.07, 6.45) is 3.07. The highest BCUT2D eigenvalue weighted by Crippen LogP contribution is 2.12. The van der Waals surface area contributed by atoms with E-state index < -0.39 is 0 Å². The Kier molecular flexibility index (Phi) is 6.41. The second-order valence-electron chi connectivity index (χ2n) is 6.20. The highest BCUT2D eigenvalue weighted by Gasteiger charge is 2.20. The highest BCUT2D eigenvalue weighted by molar-refractivity contribution is 6.05. The molecule has 5 nitrogen and oxygen atoms in total. The van der Waals surface area contributed by atoms with E-state index >= 15 is 0 Å². The summed E-state index contributed by atoms with van der Waals surface area (Å²) in [5.74, 6) is -0.123. The van der Waals surface area contributed by atoms with Gasteiger partial charge in [0.15, 0.2) is 0 Å². The Bertz CT molecular complexity index is 933. The fourth-order valence-electron chi connectivity index (χ4n) is 2.75. The molecule has 0 saturated carbocycles. The third kappa shape index (κ3) is 4.98. The molecule has 0 radical (unpaired) electrons. The monoisotopic (exact) mass is 374 g/mol. The number of nitrogens with zero attached hydrogens (tertiary/aromatic N) is 1. The van der Waals surface area contributed by atoms with Crippen LogP contribution < -0.4 is 5.32 Å². The molecule has 0 aliphatic heterocycles. The van der Waals surface area contributed by atoms with Crippen LogP contribution in [0.3, 0.4) is 0 Å². The third-order valence-corrected chi connectivity index (χ3v) is 4.23. The number of hydrogen-bond donors (Lipinski definition) is 1. The summed E-state index contributed by atoms with van der Waals surface area (Å²) in [5, 5.41) is 2.74. The van der Waals surface area contributed by atoms with Crippen molar-refractivity contribution in [1.29, 1.82) is 0 Å². The molecule has 1 heterocycles. The van der Waals surface area contributed by atoms with Crippen LogP contribution in [-0.4, -0.2) is 23.3 Å². The Labute approximate surface area is 164 Å². The number of rotatable bonds is 7. The minimum Gasteiger partial charge on any atom is -0.465 e. The van der Waals surface area contributed by atoms with Crippen LogP contribution in [0.4, 0.5) is 0 Å². The van der Waals surface area contributed by atoms with E-state index in [1.54, 1.807) is 47.4 Å². The molecular weight excluding hydrogens is 352 g/mol. The lowest BCUT2D eigenvalue weighted by molar-refractivity contribution is -0.127. The summed E-state index contributed by atoms with van der Waals surface area (Å²) in [6.45, 7) is 2.86. The molecular formula is C23H22N2O3. The maximum Gasteiger partial charge on any atom is 0.270 e. The van der Waals surface area contributed by atoms with Gasteiger partial charge in [0.25, 0.3) is 11.8 Å². The van der Waals surface area contributed by atoms with Crippen molar-refractivity contribution in [2.75, 3.05) is 6.54 Å². The number of amides is 2. The van der Waals surface area contributed by atoms with E-state index in [0.717, 1.165) is 5.56 Å². The molecule has 142 valence electrons. The lowest BCUT2D eigenvalue weighted by atomic mass is 10.2. The smallest absolute Gasteiger partial charge is 0.270 e. The van der Waals surface area contributed by atoms with Crippen molar-refractivity contribution in [2.45, 2.75) is 13.5 Å². The van der Waals surface area contributed by atoms with Gasteiger partial charge in [-0.3, -0.25) is 9.59 Å². The van der Waals surface area contributed by atoms with Crippen molar-refractivity contribution in [3.8, 4) is 0 Å². The first-order valence-corrected chi connectivity index (χ1v) is 9.12. The van der Waals surface area contributed by atoms with Gasteiger partial charge in [0, 0.05) is 24.7 Å². The van der Waals surface area contributed by atoms with E-state index in [2.05, 4.69) is 5.32 Å². The second-order valence-corrected chi connectivity index (χ2v) is 6.20. The van der Waals surface area contributed by atoms with Crippen molar-refractivity contribution in [1.82, 2.24) is 10.2 Å². The topological polar surface area (TPSA) is 62.6 Å². The van der Waals surface area contributed by atoms with Gasteiger partial charge in [0.1, 0.15) is 11.5 Å². The van der Waals surface area contributed by atoms with E-state index in [1.165, 1.54) is 6.26 Å². The summed E-state index contributed by atoms with van der Waals surface area (Å²) in [6, 6.07) is 22.0. The summed E-state index contributed by atoms with van der Waals surface area (Å²) >= 11 is 0. The van der Waals surface area contributed by atoms with E-state index in [4.69, 9.17) is 4.42 Å². The van der Waals surface area contributed by atoms with Gasteiger partial charge in [-0.25, -0.2) is 0 Å². The Morgan fingerprint density at radius 1 is 0.964 bits per heavy atom. The van der Waals surface area contributed by atoms with Gasteiger partial charge in [-0.2, -0.15) is 0 Å². The molecule has 0 saturated heterocycles. The van der Waals surface area contributed by atoms with E-state index in [9.17, 15) is 9.59 Å². The summed E-state index contributed by atoms with van der Waals surface area (Å²) < 4.78 is 5.33. The predicted molar refractivity (Wildman–Crippen MR) is 108 cm³/mol. The van der Waals surface area contributed by atoms with Crippen LogP contribution in [0.25, 0.3) is 6.08 Å². The number of hydrogen-bond acceptors (Lipinski definition) is 3. The summed E-state index contributed by atoms with van der Waals surface area (Å²) in [7, 11) is 0. The normalized spacial score (nSPS) is 11.1. The van der Waals surface area contributed by atoms with E-state index in [-0.39, 0.29) is 17.5 Å². The van der Waals surface area contributed by atoms with Crippen molar-refractivity contribution in [2.24, 2.45) is 0 Å². The fourth-order valence-corrected chi connectivity index (χ4v) is 2.75. The molecule has 0 atom stereocenters. The third-order valence-electron chi connectivity index (χ3n) is 4.23. The number of carbonyl (C=O) groups excluding carboxylic acids is 2. The van der Waals surface area contributed by atoms with Crippen LogP contribution in [-0.2, 0) is 11.3 Å². The first-order chi connectivity index (χ1) is 13.7. The molecule has 0 aliphatic rings. The first kappa shape index (κ1) is 19.2. The van der Waals surface area contributed by atoms with Crippen molar-refractivity contribution < 1.29 is 14.0 Å². The van der Waals surface area contributed by atoms with Crippen LogP contribution in [0.2, 0.25) is 0 Å². The average molecular weight is 374 g/mol. The van der Waals surface area contributed by atoms with Crippen LogP contribution in [0.5, 0.6) is 0 Å². The van der Waals surface area contributed by atoms with E-state index in [1.807, 2.05) is 43.3 Å². The number of likely N-dealkylation sites (N-methyl/N-ethyl adjacent to an activating group) is 1. The van der Waals surface area contributed by atoms with Crippen molar-refractivity contribution in [3.63, 3.8) is 0 Å². The van der Waals surface area contributed by atoms with Gasteiger partial charge in [-0.15, -0.1) is 0 Å². The molecule has 0 aliphatic carbocycles.